The summed E-state index contributed by atoms with van der Waals surface area (Å²) in [6, 6.07) is 9.89. The molecule has 0 aliphatic heterocycles. The summed E-state index contributed by atoms with van der Waals surface area (Å²) >= 11 is 5.46. The van der Waals surface area contributed by atoms with Crippen molar-refractivity contribution in [3.8, 4) is 0 Å². The van der Waals surface area contributed by atoms with E-state index < -0.39 is 0 Å². The highest BCUT2D eigenvalue weighted by Gasteiger charge is 1.91. The fourth-order valence-electron chi connectivity index (χ4n) is 0.856. The Labute approximate surface area is 83.4 Å². The Morgan fingerprint density at radius 2 is 1.85 bits per heavy atom. The predicted molar refractivity (Wildman–Crippen MR) is 52.5 cm³/mol. The van der Waals surface area contributed by atoms with Crippen LogP contribution in [0.1, 0.15) is 12.0 Å². The van der Waals surface area contributed by atoms with Gasteiger partial charge >= 0.3 is 0 Å². The van der Waals surface area contributed by atoms with Crippen molar-refractivity contribution in [3.63, 3.8) is 0 Å². The maximum Gasteiger partial charge on any atom is 0.107 e. The van der Waals surface area contributed by atoms with Crippen molar-refractivity contribution in [2.45, 2.75) is 13.0 Å². The molecule has 0 aromatic heterocycles. The Morgan fingerprint density at radius 3 is 2.54 bits per heavy atom. The third-order valence-electron chi connectivity index (χ3n) is 1.51. The first-order valence-corrected chi connectivity index (χ1v) is 4.81. The largest absolute Gasteiger partial charge is 0.236 e. The fourth-order valence-corrected chi connectivity index (χ4v) is 0.965. The van der Waals surface area contributed by atoms with Crippen molar-refractivity contribution in [2.75, 3.05) is 12.5 Å². The van der Waals surface area contributed by atoms with Crippen LogP contribution in [0.4, 0.5) is 0 Å². The van der Waals surface area contributed by atoms with E-state index in [2.05, 4.69) is 0 Å². The third-order valence-corrected chi connectivity index (χ3v) is 1.78. The summed E-state index contributed by atoms with van der Waals surface area (Å²) in [6.45, 7) is 1.04. The summed E-state index contributed by atoms with van der Waals surface area (Å²) in [7, 11) is 0. The molecule has 0 heterocycles. The maximum absolute atomic E-state index is 5.46. The number of benzene rings is 1. The van der Waals surface area contributed by atoms with Gasteiger partial charge in [-0.3, -0.25) is 0 Å². The molecule has 0 atom stereocenters. The topological polar surface area (TPSA) is 18.5 Å². The molecule has 1 aromatic carbocycles. The van der Waals surface area contributed by atoms with Crippen LogP contribution in [-0.4, -0.2) is 12.5 Å². The molecule has 0 saturated heterocycles. The van der Waals surface area contributed by atoms with Crippen LogP contribution in [0, 0.1) is 0 Å². The summed E-state index contributed by atoms with van der Waals surface area (Å²) in [6.07, 6.45) is 0.816. The van der Waals surface area contributed by atoms with Gasteiger partial charge in [0.1, 0.15) is 6.61 Å². The summed E-state index contributed by atoms with van der Waals surface area (Å²) < 4.78 is 0. The molecule has 0 N–H and O–H groups in total. The molecule has 1 rings (SSSR count). The van der Waals surface area contributed by atoms with E-state index in [-0.39, 0.29) is 0 Å². The molecular formula is C10H13ClO2. The lowest BCUT2D eigenvalue weighted by Crippen LogP contribution is -1.97. The van der Waals surface area contributed by atoms with Gasteiger partial charge in [0, 0.05) is 5.88 Å². The smallest absolute Gasteiger partial charge is 0.107 e. The van der Waals surface area contributed by atoms with Crippen LogP contribution in [-0.2, 0) is 16.4 Å². The van der Waals surface area contributed by atoms with Crippen molar-refractivity contribution in [2.24, 2.45) is 0 Å². The molecule has 0 amide bonds. The van der Waals surface area contributed by atoms with E-state index in [0.29, 0.717) is 19.1 Å². The lowest BCUT2D eigenvalue weighted by atomic mass is 10.2. The molecule has 0 fully saturated rings. The van der Waals surface area contributed by atoms with Crippen LogP contribution >= 0.6 is 11.6 Å². The van der Waals surface area contributed by atoms with E-state index in [1.165, 1.54) is 0 Å². The van der Waals surface area contributed by atoms with E-state index in [9.17, 15) is 0 Å². The molecular weight excluding hydrogens is 188 g/mol. The molecule has 0 radical (unpaired) electrons. The van der Waals surface area contributed by atoms with Crippen LogP contribution < -0.4 is 0 Å². The minimum absolute atomic E-state index is 0.489. The molecule has 0 saturated carbocycles. The molecule has 2 nitrogen and oxygen atoms in total. The zero-order valence-corrected chi connectivity index (χ0v) is 8.17. The highest BCUT2D eigenvalue weighted by molar-refractivity contribution is 6.17. The fraction of sp³-hybridized carbons (Fsp3) is 0.400. The molecule has 0 aliphatic rings. The van der Waals surface area contributed by atoms with Crippen molar-refractivity contribution < 1.29 is 9.78 Å². The molecule has 3 heteroatoms. The van der Waals surface area contributed by atoms with Crippen LogP contribution in [0.15, 0.2) is 30.3 Å². The minimum Gasteiger partial charge on any atom is -0.236 e. The van der Waals surface area contributed by atoms with Gasteiger partial charge in [-0.25, -0.2) is 9.78 Å². The third kappa shape index (κ3) is 4.88. The van der Waals surface area contributed by atoms with Gasteiger partial charge in [-0.15, -0.1) is 11.6 Å². The average molecular weight is 201 g/mol. The van der Waals surface area contributed by atoms with Gasteiger partial charge in [-0.2, -0.15) is 0 Å². The first kappa shape index (κ1) is 10.5. The van der Waals surface area contributed by atoms with E-state index in [1.54, 1.807) is 0 Å². The van der Waals surface area contributed by atoms with E-state index in [4.69, 9.17) is 21.4 Å². The number of rotatable bonds is 6. The van der Waals surface area contributed by atoms with Gasteiger partial charge < -0.3 is 0 Å². The second kappa shape index (κ2) is 6.89. The van der Waals surface area contributed by atoms with Crippen LogP contribution in [0.5, 0.6) is 0 Å². The Balaban J connectivity index is 2.07. The number of alkyl halides is 1. The zero-order chi connectivity index (χ0) is 9.36. The maximum atomic E-state index is 5.46. The summed E-state index contributed by atoms with van der Waals surface area (Å²) in [5.74, 6) is 0.606. The Kier molecular flexibility index (Phi) is 5.57. The van der Waals surface area contributed by atoms with Gasteiger partial charge in [-0.1, -0.05) is 30.3 Å². The zero-order valence-electron chi connectivity index (χ0n) is 7.41. The van der Waals surface area contributed by atoms with Gasteiger partial charge in [-0.05, 0) is 12.0 Å². The summed E-state index contributed by atoms with van der Waals surface area (Å²) in [4.78, 5) is 9.86. The van der Waals surface area contributed by atoms with Crippen molar-refractivity contribution in [3.05, 3.63) is 35.9 Å². The first-order chi connectivity index (χ1) is 6.43. The highest BCUT2D eigenvalue weighted by atomic mass is 35.5. The van der Waals surface area contributed by atoms with Crippen LogP contribution in [0.3, 0.4) is 0 Å². The average Bonchev–Trinajstić information content (AvgIpc) is 2.19. The first-order valence-electron chi connectivity index (χ1n) is 4.28. The number of hydrogen-bond donors (Lipinski definition) is 0. The SMILES string of the molecule is ClCCCOOCc1ccccc1. The Morgan fingerprint density at radius 1 is 1.08 bits per heavy atom. The van der Waals surface area contributed by atoms with Gasteiger partial charge in [0.2, 0.25) is 0 Å². The van der Waals surface area contributed by atoms with E-state index in [0.717, 1.165) is 12.0 Å². The lowest BCUT2D eigenvalue weighted by Gasteiger charge is -2.02. The predicted octanol–water partition coefficient (Wildman–Crippen LogP) is 2.76. The quantitative estimate of drug-likeness (QED) is 0.304. The normalized spacial score (nSPS) is 10.2. The standard InChI is InChI=1S/C10H13ClO2/c11-7-4-8-12-13-9-10-5-2-1-3-6-10/h1-3,5-6H,4,7-9H2. The number of halogens is 1. The molecule has 1 aromatic rings. The Hall–Kier alpha value is -0.570. The van der Waals surface area contributed by atoms with E-state index >= 15 is 0 Å². The van der Waals surface area contributed by atoms with Crippen LogP contribution in [0.2, 0.25) is 0 Å². The van der Waals surface area contributed by atoms with Crippen molar-refractivity contribution in [1.82, 2.24) is 0 Å². The van der Waals surface area contributed by atoms with E-state index in [1.807, 2.05) is 30.3 Å². The molecule has 13 heavy (non-hydrogen) atoms. The van der Waals surface area contributed by atoms with Crippen molar-refractivity contribution >= 4 is 11.6 Å². The highest BCUT2D eigenvalue weighted by Crippen LogP contribution is 2.00. The summed E-state index contributed by atoms with van der Waals surface area (Å²) in [5.41, 5.74) is 1.10. The molecule has 0 bridgehead atoms. The second-order valence-corrected chi connectivity index (χ2v) is 2.99. The van der Waals surface area contributed by atoms with Gasteiger partial charge in [0.25, 0.3) is 0 Å². The van der Waals surface area contributed by atoms with Crippen LogP contribution in [0.25, 0.3) is 0 Å². The second-order valence-electron chi connectivity index (χ2n) is 2.61. The molecule has 0 unspecified atom stereocenters. The summed E-state index contributed by atoms with van der Waals surface area (Å²) in [5, 5.41) is 0. The number of hydrogen-bond acceptors (Lipinski definition) is 2. The Bertz CT molecular complexity index is 213. The molecule has 0 spiro atoms. The monoisotopic (exact) mass is 200 g/mol. The van der Waals surface area contributed by atoms with Gasteiger partial charge in [0.05, 0.1) is 6.61 Å². The van der Waals surface area contributed by atoms with Crippen molar-refractivity contribution in [1.29, 1.82) is 0 Å². The molecule has 0 aliphatic carbocycles. The molecule has 72 valence electrons. The van der Waals surface area contributed by atoms with Gasteiger partial charge in [0.15, 0.2) is 0 Å². The lowest BCUT2D eigenvalue weighted by molar-refractivity contribution is -0.303. The minimum atomic E-state index is 0.489.